The van der Waals surface area contributed by atoms with Crippen molar-refractivity contribution >= 4 is 11.8 Å². The van der Waals surface area contributed by atoms with E-state index >= 15 is 0 Å². The lowest BCUT2D eigenvalue weighted by molar-refractivity contribution is 0.0910. The van der Waals surface area contributed by atoms with Gasteiger partial charge >= 0.3 is 0 Å². The van der Waals surface area contributed by atoms with Crippen molar-refractivity contribution in [2.24, 2.45) is 0 Å². The molecular formula is C11H23NOS. The van der Waals surface area contributed by atoms with Gasteiger partial charge in [-0.25, -0.2) is 0 Å². The summed E-state index contributed by atoms with van der Waals surface area (Å²) < 4.78 is 0. The Morgan fingerprint density at radius 3 is 2.79 bits per heavy atom. The molecule has 0 aliphatic heterocycles. The largest absolute Gasteiger partial charge is 0.392 e. The molecule has 0 amide bonds. The van der Waals surface area contributed by atoms with Crippen molar-refractivity contribution in [3.8, 4) is 0 Å². The van der Waals surface area contributed by atoms with E-state index in [1.807, 2.05) is 11.8 Å². The third kappa shape index (κ3) is 4.67. The average Bonchev–Trinajstić information content (AvgIpc) is 2.20. The zero-order valence-corrected chi connectivity index (χ0v) is 9.98. The molecule has 3 heteroatoms. The Labute approximate surface area is 91.9 Å². The van der Waals surface area contributed by atoms with E-state index in [1.54, 1.807) is 0 Å². The highest BCUT2D eigenvalue weighted by Gasteiger charge is 2.21. The lowest BCUT2D eigenvalue weighted by Crippen LogP contribution is -2.42. The average molecular weight is 217 g/mol. The van der Waals surface area contributed by atoms with Crippen LogP contribution in [-0.2, 0) is 0 Å². The molecule has 0 radical (unpaired) electrons. The topological polar surface area (TPSA) is 32.3 Å². The lowest BCUT2D eigenvalue weighted by atomic mass is 9.92. The van der Waals surface area contributed by atoms with Crippen molar-refractivity contribution in [3.05, 3.63) is 0 Å². The molecule has 2 N–H and O–H groups in total. The molecule has 0 bridgehead atoms. The Morgan fingerprint density at radius 1 is 1.29 bits per heavy atom. The van der Waals surface area contributed by atoms with Crippen LogP contribution in [0.1, 0.15) is 38.5 Å². The minimum atomic E-state index is -0.0932. The number of nitrogens with one attached hydrogen (secondary N) is 1. The van der Waals surface area contributed by atoms with Crippen molar-refractivity contribution in [1.82, 2.24) is 5.32 Å². The minimum absolute atomic E-state index is 0.0932. The first-order valence-electron chi connectivity index (χ1n) is 5.75. The lowest BCUT2D eigenvalue weighted by Gasteiger charge is -2.28. The third-order valence-electron chi connectivity index (χ3n) is 2.91. The van der Waals surface area contributed by atoms with Crippen LogP contribution >= 0.6 is 11.8 Å². The summed E-state index contributed by atoms with van der Waals surface area (Å²) in [4.78, 5) is 0. The first-order valence-corrected chi connectivity index (χ1v) is 7.14. The van der Waals surface area contributed by atoms with Crippen LogP contribution in [0.4, 0.5) is 0 Å². The summed E-state index contributed by atoms with van der Waals surface area (Å²) in [6.07, 6.45) is 9.21. The smallest absolute Gasteiger partial charge is 0.0693 e. The van der Waals surface area contributed by atoms with Crippen LogP contribution < -0.4 is 5.32 Å². The van der Waals surface area contributed by atoms with Gasteiger partial charge in [-0.1, -0.05) is 12.8 Å². The Kier molecular flexibility index (Phi) is 6.65. The van der Waals surface area contributed by atoms with Gasteiger partial charge in [-0.05, 0) is 44.2 Å². The molecule has 0 aromatic carbocycles. The number of rotatable bonds is 6. The van der Waals surface area contributed by atoms with Gasteiger partial charge in [0.25, 0.3) is 0 Å². The number of unbranched alkanes of at least 4 members (excludes halogenated alkanes) is 1. The van der Waals surface area contributed by atoms with E-state index in [4.69, 9.17) is 0 Å². The molecule has 0 spiro atoms. The number of aliphatic hydroxyl groups excluding tert-OH is 1. The number of aliphatic hydroxyl groups is 1. The molecular weight excluding hydrogens is 194 g/mol. The fourth-order valence-electron chi connectivity index (χ4n) is 2.01. The van der Waals surface area contributed by atoms with Crippen molar-refractivity contribution < 1.29 is 5.11 Å². The highest BCUT2D eigenvalue weighted by molar-refractivity contribution is 7.98. The fourth-order valence-corrected chi connectivity index (χ4v) is 2.50. The Hall–Kier alpha value is 0.270. The second-order valence-corrected chi connectivity index (χ2v) is 5.10. The molecule has 0 unspecified atom stereocenters. The maximum atomic E-state index is 9.71. The van der Waals surface area contributed by atoms with Gasteiger partial charge < -0.3 is 10.4 Å². The van der Waals surface area contributed by atoms with E-state index in [9.17, 15) is 5.11 Å². The quantitative estimate of drug-likeness (QED) is 0.668. The summed E-state index contributed by atoms with van der Waals surface area (Å²) in [5.41, 5.74) is 0. The van der Waals surface area contributed by atoms with Crippen LogP contribution in [0.3, 0.4) is 0 Å². The van der Waals surface area contributed by atoms with Crippen LogP contribution in [0.15, 0.2) is 0 Å². The monoisotopic (exact) mass is 217 g/mol. The van der Waals surface area contributed by atoms with E-state index in [1.165, 1.54) is 31.4 Å². The predicted octanol–water partition coefficient (Wildman–Crippen LogP) is 2.02. The zero-order chi connectivity index (χ0) is 10.2. The van der Waals surface area contributed by atoms with Crippen molar-refractivity contribution in [1.29, 1.82) is 0 Å². The number of thioether (sulfide) groups is 1. The van der Waals surface area contributed by atoms with Gasteiger partial charge in [0.15, 0.2) is 0 Å². The molecule has 0 aromatic rings. The number of hydrogen-bond donors (Lipinski definition) is 2. The third-order valence-corrected chi connectivity index (χ3v) is 3.61. The van der Waals surface area contributed by atoms with Gasteiger partial charge in [-0.2, -0.15) is 11.8 Å². The van der Waals surface area contributed by atoms with Crippen molar-refractivity contribution in [2.45, 2.75) is 50.7 Å². The highest BCUT2D eigenvalue weighted by atomic mass is 32.2. The van der Waals surface area contributed by atoms with E-state index < -0.39 is 0 Å². The van der Waals surface area contributed by atoms with Gasteiger partial charge in [0.05, 0.1) is 6.10 Å². The van der Waals surface area contributed by atoms with E-state index in [0.29, 0.717) is 6.04 Å². The Bertz CT molecular complexity index is 143. The van der Waals surface area contributed by atoms with Gasteiger partial charge in [-0.15, -0.1) is 0 Å². The van der Waals surface area contributed by atoms with Crippen LogP contribution in [0.25, 0.3) is 0 Å². The summed E-state index contributed by atoms with van der Waals surface area (Å²) >= 11 is 1.91. The first-order chi connectivity index (χ1) is 6.84. The molecule has 2 nitrogen and oxygen atoms in total. The van der Waals surface area contributed by atoms with Gasteiger partial charge in [0.2, 0.25) is 0 Å². The molecule has 1 aliphatic carbocycles. The zero-order valence-electron chi connectivity index (χ0n) is 9.17. The molecule has 2 atom stereocenters. The maximum Gasteiger partial charge on any atom is 0.0693 e. The summed E-state index contributed by atoms with van der Waals surface area (Å²) in [6.45, 7) is 1.07. The molecule has 0 heterocycles. The van der Waals surface area contributed by atoms with Crippen molar-refractivity contribution in [3.63, 3.8) is 0 Å². The van der Waals surface area contributed by atoms with Crippen molar-refractivity contribution in [2.75, 3.05) is 18.6 Å². The van der Waals surface area contributed by atoms with Gasteiger partial charge in [-0.3, -0.25) is 0 Å². The molecule has 14 heavy (non-hydrogen) atoms. The van der Waals surface area contributed by atoms with E-state index in [-0.39, 0.29) is 6.10 Å². The molecule has 1 fully saturated rings. The van der Waals surface area contributed by atoms with E-state index in [0.717, 1.165) is 19.4 Å². The number of hydrogen-bond acceptors (Lipinski definition) is 3. The molecule has 1 aliphatic rings. The highest BCUT2D eigenvalue weighted by Crippen LogP contribution is 2.18. The van der Waals surface area contributed by atoms with Crippen LogP contribution in [-0.4, -0.2) is 35.8 Å². The SMILES string of the molecule is CSCCCCN[C@H]1CCCC[C@@H]1O. The van der Waals surface area contributed by atoms with E-state index in [2.05, 4.69) is 11.6 Å². The first kappa shape index (κ1) is 12.3. The summed E-state index contributed by atoms with van der Waals surface area (Å²) in [6, 6.07) is 0.373. The Morgan fingerprint density at radius 2 is 2.07 bits per heavy atom. The summed E-state index contributed by atoms with van der Waals surface area (Å²) in [5, 5.41) is 13.2. The van der Waals surface area contributed by atoms with Crippen LogP contribution in [0.5, 0.6) is 0 Å². The second kappa shape index (κ2) is 7.55. The van der Waals surface area contributed by atoms with Gasteiger partial charge in [0.1, 0.15) is 0 Å². The molecule has 0 aromatic heterocycles. The summed E-state index contributed by atoms with van der Waals surface area (Å²) in [7, 11) is 0. The minimum Gasteiger partial charge on any atom is -0.392 e. The molecule has 84 valence electrons. The normalized spacial score (nSPS) is 27.9. The standard InChI is InChI=1S/C11H23NOS/c1-14-9-5-4-8-12-10-6-2-3-7-11(10)13/h10-13H,2-9H2,1H3/t10-,11-/m0/s1. The van der Waals surface area contributed by atoms with Crippen LogP contribution in [0.2, 0.25) is 0 Å². The molecule has 1 rings (SSSR count). The summed E-state index contributed by atoms with van der Waals surface area (Å²) in [5.74, 6) is 1.26. The predicted molar refractivity (Wildman–Crippen MR) is 63.9 cm³/mol. The second-order valence-electron chi connectivity index (χ2n) is 4.11. The molecule has 1 saturated carbocycles. The fraction of sp³-hybridized carbons (Fsp3) is 1.00. The Balaban J connectivity index is 1.99. The maximum absolute atomic E-state index is 9.71. The molecule has 0 saturated heterocycles. The van der Waals surface area contributed by atoms with Gasteiger partial charge in [0, 0.05) is 6.04 Å². The van der Waals surface area contributed by atoms with Crippen LogP contribution in [0, 0.1) is 0 Å².